The van der Waals surface area contributed by atoms with Gasteiger partial charge in [-0.15, -0.1) is 11.3 Å². The summed E-state index contributed by atoms with van der Waals surface area (Å²) in [5.41, 5.74) is 2.10. The van der Waals surface area contributed by atoms with Crippen LogP contribution >= 0.6 is 11.3 Å². The molecule has 1 fully saturated rings. The zero-order valence-electron chi connectivity index (χ0n) is 20.7. The van der Waals surface area contributed by atoms with Crippen LogP contribution in [-0.4, -0.2) is 72.4 Å². The number of amides is 4. The van der Waals surface area contributed by atoms with Crippen LogP contribution in [0.2, 0.25) is 0 Å². The quantitative estimate of drug-likeness (QED) is 0.502. The number of methoxy groups -OCH3 is 1. The number of aryl methyl sites for hydroxylation is 1. The third-order valence-electron chi connectivity index (χ3n) is 6.37. The molecule has 4 amide bonds. The lowest BCUT2D eigenvalue weighted by atomic mass is 9.98. The van der Waals surface area contributed by atoms with E-state index in [1.165, 1.54) is 7.05 Å². The highest BCUT2D eigenvalue weighted by molar-refractivity contribution is 7.15. The van der Waals surface area contributed by atoms with Crippen LogP contribution in [0, 0.1) is 12.8 Å². The lowest BCUT2D eigenvalue weighted by molar-refractivity contribution is -0.148. The Bertz CT molecular complexity index is 1200. The van der Waals surface area contributed by atoms with Crippen LogP contribution in [-0.2, 0) is 16.1 Å². The molecule has 0 aliphatic carbocycles. The van der Waals surface area contributed by atoms with Crippen molar-refractivity contribution in [2.45, 2.75) is 32.9 Å². The highest BCUT2D eigenvalue weighted by Gasteiger charge is 2.38. The number of ether oxygens (including phenoxy) is 1. The molecule has 36 heavy (non-hydrogen) atoms. The SMILES string of the molecule is CNC(=O)c1nc(C)c(C(=O)NC[C@@H](C)C(=O)N[C@H]2C(=O)N3CCCN3Cc3cc(OC)ccc32)s1. The van der Waals surface area contributed by atoms with E-state index in [0.717, 1.165) is 35.4 Å². The molecule has 11 nitrogen and oxygen atoms in total. The monoisotopic (exact) mass is 514 g/mol. The van der Waals surface area contributed by atoms with Crippen molar-refractivity contribution >= 4 is 35.0 Å². The first-order valence-corrected chi connectivity index (χ1v) is 12.6. The fourth-order valence-corrected chi connectivity index (χ4v) is 5.27. The Balaban J connectivity index is 1.45. The average Bonchev–Trinajstić information content (AvgIpc) is 3.48. The lowest BCUT2D eigenvalue weighted by Crippen LogP contribution is -2.47. The molecule has 0 unspecified atom stereocenters. The fourth-order valence-electron chi connectivity index (χ4n) is 4.34. The number of benzene rings is 1. The van der Waals surface area contributed by atoms with Crippen molar-refractivity contribution in [3.8, 4) is 5.75 Å². The summed E-state index contributed by atoms with van der Waals surface area (Å²) in [4.78, 5) is 55.4. The second-order valence-electron chi connectivity index (χ2n) is 8.83. The summed E-state index contributed by atoms with van der Waals surface area (Å²) in [5.74, 6) is -1.22. The molecule has 1 aromatic heterocycles. The van der Waals surface area contributed by atoms with E-state index in [9.17, 15) is 19.2 Å². The lowest BCUT2D eigenvalue weighted by Gasteiger charge is -2.28. The van der Waals surface area contributed by atoms with E-state index in [1.54, 1.807) is 32.0 Å². The van der Waals surface area contributed by atoms with Crippen molar-refractivity contribution in [2.75, 3.05) is 33.8 Å². The van der Waals surface area contributed by atoms with Crippen molar-refractivity contribution in [2.24, 2.45) is 5.92 Å². The van der Waals surface area contributed by atoms with E-state index in [4.69, 9.17) is 4.74 Å². The molecule has 2 atom stereocenters. The second-order valence-corrected chi connectivity index (χ2v) is 9.83. The van der Waals surface area contributed by atoms with Crippen molar-refractivity contribution < 1.29 is 23.9 Å². The molecule has 0 spiro atoms. The molecule has 3 N–H and O–H groups in total. The van der Waals surface area contributed by atoms with Crippen LogP contribution in [0.5, 0.6) is 5.75 Å². The number of rotatable bonds is 7. The second kappa shape index (κ2) is 10.6. The molecule has 2 aromatic rings. The minimum atomic E-state index is -0.835. The van der Waals surface area contributed by atoms with Gasteiger partial charge < -0.3 is 20.7 Å². The van der Waals surface area contributed by atoms with E-state index in [1.807, 2.05) is 17.1 Å². The molecule has 3 heterocycles. The highest BCUT2D eigenvalue weighted by atomic mass is 32.1. The van der Waals surface area contributed by atoms with Crippen LogP contribution in [0.1, 0.15) is 55.7 Å². The Kier molecular flexibility index (Phi) is 7.55. The largest absolute Gasteiger partial charge is 0.497 e. The van der Waals surface area contributed by atoms with Gasteiger partial charge in [-0.3, -0.25) is 24.2 Å². The minimum absolute atomic E-state index is 0.0591. The third kappa shape index (κ3) is 5.05. The topological polar surface area (TPSA) is 133 Å². The van der Waals surface area contributed by atoms with Crippen molar-refractivity contribution in [1.29, 1.82) is 0 Å². The number of thiazole rings is 1. The Morgan fingerprint density at radius 1 is 1.25 bits per heavy atom. The van der Waals surface area contributed by atoms with Crippen LogP contribution in [0.4, 0.5) is 0 Å². The molecule has 2 aliphatic rings. The zero-order valence-corrected chi connectivity index (χ0v) is 21.5. The first-order chi connectivity index (χ1) is 17.2. The maximum absolute atomic E-state index is 13.4. The molecule has 0 saturated carbocycles. The molecule has 12 heteroatoms. The smallest absolute Gasteiger partial charge is 0.280 e. The van der Waals surface area contributed by atoms with Gasteiger partial charge in [0.05, 0.1) is 18.7 Å². The number of aromatic nitrogens is 1. The maximum Gasteiger partial charge on any atom is 0.280 e. The maximum atomic E-state index is 13.4. The summed E-state index contributed by atoms with van der Waals surface area (Å²) in [7, 11) is 3.09. The van der Waals surface area contributed by atoms with Crippen molar-refractivity contribution in [1.82, 2.24) is 31.0 Å². The molecule has 2 aliphatic heterocycles. The Morgan fingerprint density at radius 2 is 2.03 bits per heavy atom. The predicted molar refractivity (Wildman–Crippen MR) is 132 cm³/mol. The van der Waals surface area contributed by atoms with E-state index in [0.29, 0.717) is 29.4 Å². The molecular weight excluding hydrogens is 484 g/mol. The van der Waals surface area contributed by atoms with Crippen LogP contribution < -0.4 is 20.7 Å². The Hall–Kier alpha value is -3.51. The number of hydrogen-bond donors (Lipinski definition) is 3. The molecule has 192 valence electrons. The number of hydrazine groups is 1. The van der Waals surface area contributed by atoms with Gasteiger partial charge in [0.2, 0.25) is 5.91 Å². The number of hydrogen-bond acceptors (Lipinski definition) is 8. The van der Waals surface area contributed by atoms with Gasteiger partial charge in [-0.05, 0) is 36.6 Å². The number of fused-ring (bicyclic) bond motifs is 2. The summed E-state index contributed by atoms with van der Waals surface area (Å²) in [6, 6.07) is 4.67. The molecule has 0 bridgehead atoms. The molecule has 1 aromatic carbocycles. The molecule has 0 radical (unpaired) electrons. The van der Waals surface area contributed by atoms with Gasteiger partial charge in [-0.2, -0.15) is 0 Å². The standard InChI is InChI=1S/C24H30N6O5S/c1-13(11-26-21(32)19-14(2)27-23(36-19)22(33)25-3)20(31)28-18-17-7-6-16(35-4)10-15(17)12-29-8-5-9-30(29)24(18)34/h6-7,10,13,18H,5,8-9,11-12H2,1-4H3,(H,25,33)(H,26,32)(H,28,31)/t13-,18-/m1/s1. The van der Waals surface area contributed by atoms with Gasteiger partial charge in [-0.1, -0.05) is 13.0 Å². The first-order valence-electron chi connectivity index (χ1n) is 11.7. The van der Waals surface area contributed by atoms with Gasteiger partial charge in [-0.25, -0.2) is 9.99 Å². The molecule has 4 rings (SSSR count). The fraction of sp³-hybridized carbons (Fsp3) is 0.458. The molecule has 1 saturated heterocycles. The van der Waals surface area contributed by atoms with Crippen molar-refractivity contribution in [3.05, 3.63) is 44.9 Å². The van der Waals surface area contributed by atoms with Gasteiger partial charge in [0.15, 0.2) is 5.01 Å². The Labute approximate surface area is 213 Å². The van der Waals surface area contributed by atoms with Crippen LogP contribution in [0.3, 0.4) is 0 Å². The van der Waals surface area contributed by atoms with Crippen LogP contribution in [0.25, 0.3) is 0 Å². The predicted octanol–water partition coefficient (Wildman–Crippen LogP) is 1.01. The summed E-state index contributed by atoms with van der Waals surface area (Å²) in [6.07, 6.45) is 0.868. The Morgan fingerprint density at radius 3 is 2.75 bits per heavy atom. The van der Waals surface area contributed by atoms with Gasteiger partial charge in [0, 0.05) is 33.2 Å². The van der Waals surface area contributed by atoms with E-state index >= 15 is 0 Å². The summed E-state index contributed by atoms with van der Waals surface area (Å²) in [5, 5.41) is 12.0. The van der Waals surface area contributed by atoms with Gasteiger partial charge in [0.1, 0.15) is 16.7 Å². The average molecular weight is 515 g/mol. The third-order valence-corrected chi connectivity index (χ3v) is 7.52. The summed E-state index contributed by atoms with van der Waals surface area (Å²) >= 11 is 0.995. The normalized spacial score (nSPS) is 18.1. The van der Waals surface area contributed by atoms with Gasteiger partial charge in [0.25, 0.3) is 17.7 Å². The zero-order chi connectivity index (χ0) is 26.0. The van der Waals surface area contributed by atoms with Gasteiger partial charge >= 0.3 is 0 Å². The highest BCUT2D eigenvalue weighted by Crippen LogP contribution is 2.32. The number of nitrogens with zero attached hydrogens (tertiary/aromatic N) is 3. The minimum Gasteiger partial charge on any atom is -0.497 e. The number of nitrogens with one attached hydrogen (secondary N) is 3. The summed E-state index contributed by atoms with van der Waals surface area (Å²) in [6.45, 7) is 5.33. The molecular formula is C24H30N6O5S. The number of carbonyl (C=O) groups excluding carboxylic acids is 4. The van der Waals surface area contributed by atoms with Crippen LogP contribution in [0.15, 0.2) is 18.2 Å². The summed E-state index contributed by atoms with van der Waals surface area (Å²) < 4.78 is 5.36. The first kappa shape index (κ1) is 25.6. The van der Waals surface area contributed by atoms with Crippen molar-refractivity contribution in [3.63, 3.8) is 0 Å². The van der Waals surface area contributed by atoms with E-state index in [2.05, 4.69) is 20.9 Å². The number of carbonyl (C=O) groups is 4. The van der Waals surface area contributed by atoms with E-state index < -0.39 is 17.9 Å². The van der Waals surface area contributed by atoms with E-state index in [-0.39, 0.29) is 29.3 Å².